The predicted molar refractivity (Wildman–Crippen MR) is 64.6 cm³/mol. The van der Waals surface area contributed by atoms with E-state index in [2.05, 4.69) is 0 Å². The molecule has 2 rings (SSSR count). The topological polar surface area (TPSA) is 83.7 Å². The van der Waals surface area contributed by atoms with Crippen LogP contribution in [-0.4, -0.2) is 59.6 Å². The number of piperidine rings is 1. The van der Waals surface area contributed by atoms with E-state index in [1.165, 1.54) is 0 Å². The summed E-state index contributed by atoms with van der Waals surface area (Å²) in [5.74, 6) is -0.139. The second kappa shape index (κ2) is 5.48. The number of ketones is 1. The minimum atomic E-state index is -0.353. The smallest absolute Gasteiger partial charge is 0.236 e. The van der Waals surface area contributed by atoms with Crippen LogP contribution in [0.15, 0.2) is 0 Å². The van der Waals surface area contributed by atoms with Gasteiger partial charge in [-0.3, -0.25) is 19.3 Å². The lowest BCUT2D eigenvalue weighted by atomic mass is 10.1. The molecule has 100 valence electrons. The molecule has 0 aromatic carbocycles. The Hall–Kier alpha value is -1.43. The maximum atomic E-state index is 12.0. The fraction of sp³-hybridized carbons (Fsp3) is 0.750. The highest BCUT2D eigenvalue weighted by Gasteiger charge is 2.32. The molecule has 0 aromatic rings. The summed E-state index contributed by atoms with van der Waals surface area (Å²) in [6.07, 6.45) is 2.54. The molecule has 2 saturated heterocycles. The van der Waals surface area contributed by atoms with Crippen molar-refractivity contribution in [2.24, 2.45) is 5.73 Å². The number of nitrogens with zero attached hydrogens (tertiary/aromatic N) is 2. The third-order valence-electron chi connectivity index (χ3n) is 3.70. The van der Waals surface area contributed by atoms with Gasteiger partial charge in [-0.25, -0.2) is 0 Å². The lowest BCUT2D eigenvalue weighted by Crippen LogP contribution is -2.48. The first-order valence-electron chi connectivity index (χ1n) is 6.41. The van der Waals surface area contributed by atoms with Gasteiger partial charge in [0.2, 0.25) is 11.8 Å². The lowest BCUT2D eigenvalue weighted by Gasteiger charge is -2.29. The van der Waals surface area contributed by atoms with Crippen molar-refractivity contribution in [1.29, 1.82) is 0 Å². The second-order valence-electron chi connectivity index (χ2n) is 4.95. The van der Waals surface area contributed by atoms with Gasteiger partial charge in [0.05, 0.1) is 12.6 Å². The highest BCUT2D eigenvalue weighted by molar-refractivity contribution is 5.85. The Morgan fingerprint density at radius 2 is 1.89 bits per heavy atom. The molecule has 6 heteroatoms. The van der Waals surface area contributed by atoms with E-state index in [-0.39, 0.29) is 30.2 Å². The standard InChI is InChI=1S/C12H19N3O3/c13-12(18)10-2-1-5-15(10)8-11(17)14-6-3-9(16)4-7-14/h10H,1-8H2,(H2,13,18). The number of primary amides is 1. The van der Waals surface area contributed by atoms with Crippen molar-refractivity contribution in [3.8, 4) is 0 Å². The Morgan fingerprint density at radius 3 is 2.50 bits per heavy atom. The van der Waals surface area contributed by atoms with E-state index in [9.17, 15) is 14.4 Å². The van der Waals surface area contributed by atoms with E-state index in [0.29, 0.717) is 25.9 Å². The van der Waals surface area contributed by atoms with Gasteiger partial charge in [0, 0.05) is 25.9 Å². The summed E-state index contributed by atoms with van der Waals surface area (Å²) >= 11 is 0. The van der Waals surface area contributed by atoms with Crippen LogP contribution in [0, 0.1) is 0 Å². The molecule has 0 aliphatic carbocycles. The maximum Gasteiger partial charge on any atom is 0.236 e. The van der Waals surface area contributed by atoms with E-state index >= 15 is 0 Å². The molecule has 2 amide bonds. The Labute approximate surface area is 106 Å². The average molecular weight is 253 g/mol. The first-order valence-corrected chi connectivity index (χ1v) is 6.41. The zero-order valence-corrected chi connectivity index (χ0v) is 10.4. The fourth-order valence-corrected chi connectivity index (χ4v) is 2.62. The van der Waals surface area contributed by atoms with Crippen LogP contribution in [0.2, 0.25) is 0 Å². The van der Waals surface area contributed by atoms with Crippen molar-refractivity contribution < 1.29 is 14.4 Å². The molecule has 18 heavy (non-hydrogen) atoms. The lowest BCUT2D eigenvalue weighted by molar-refractivity contribution is -0.136. The molecule has 2 aliphatic heterocycles. The van der Waals surface area contributed by atoms with Gasteiger partial charge >= 0.3 is 0 Å². The van der Waals surface area contributed by atoms with Crippen LogP contribution in [0.4, 0.5) is 0 Å². The van der Waals surface area contributed by atoms with Gasteiger partial charge in [0.15, 0.2) is 0 Å². The molecule has 0 bridgehead atoms. The minimum absolute atomic E-state index is 0.00403. The Balaban J connectivity index is 1.87. The average Bonchev–Trinajstić information content (AvgIpc) is 2.78. The number of hydrogen-bond acceptors (Lipinski definition) is 4. The normalized spacial score (nSPS) is 25.4. The molecule has 2 aliphatic rings. The fourth-order valence-electron chi connectivity index (χ4n) is 2.62. The van der Waals surface area contributed by atoms with E-state index in [0.717, 1.165) is 19.4 Å². The van der Waals surface area contributed by atoms with Gasteiger partial charge in [-0.15, -0.1) is 0 Å². The number of likely N-dealkylation sites (tertiary alicyclic amines) is 2. The van der Waals surface area contributed by atoms with Crippen LogP contribution < -0.4 is 5.73 Å². The molecule has 1 unspecified atom stereocenters. The predicted octanol–water partition coefficient (Wildman–Crippen LogP) is -0.872. The third-order valence-corrected chi connectivity index (χ3v) is 3.70. The van der Waals surface area contributed by atoms with E-state index in [1.807, 2.05) is 4.90 Å². The summed E-state index contributed by atoms with van der Waals surface area (Å²) in [5, 5.41) is 0. The number of hydrogen-bond donors (Lipinski definition) is 1. The van der Waals surface area contributed by atoms with Crippen LogP contribution in [0.5, 0.6) is 0 Å². The van der Waals surface area contributed by atoms with Gasteiger partial charge in [-0.1, -0.05) is 0 Å². The van der Waals surface area contributed by atoms with Crippen molar-refractivity contribution in [2.45, 2.75) is 31.7 Å². The summed E-state index contributed by atoms with van der Waals surface area (Å²) in [4.78, 5) is 37.9. The van der Waals surface area contributed by atoms with Gasteiger partial charge in [-0.05, 0) is 19.4 Å². The summed E-state index contributed by atoms with van der Waals surface area (Å²) in [6, 6.07) is -0.305. The Morgan fingerprint density at radius 1 is 1.22 bits per heavy atom. The van der Waals surface area contributed by atoms with Crippen molar-refractivity contribution in [2.75, 3.05) is 26.2 Å². The quantitative estimate of drug-likeness (QED) is 0.708. The van der Waals surface area contributed by atoms with Crippen molar-refractivity contribution in [3.05, 3.63) is 0 Å². The minimum Gasteiger partial charge on any atom is -0.368 e. The largest absolute Gasteiger partial charge is 0.368 e. The summed E-state index contributed by atoms with van der Waals surface area (Å²) in [5.41, 5.74) is 5.31. The molecule has 0 aromatic heterocycles. The molecule has 0 saturated carbocycles. The number of carbonyl (C=O) groups is 3. The number of carbonyl (C=O) groups excluding carboxylic acids is 3. The van der Waals surface area contributed by atoms with Crippen LogP contribution in [0.25, 0.3) is 0 Å². The summed E-state index contributed by atoms with van der Waals surface area (Å²) in [7, 11) is 0. The van der Waals surface area contributed by atoms with Crippen molar-refractivity contribution >= 4 is 17.6 Å². The molecule has 2 heterocycles. The molecular formula is C12H19N3O3. The highest BCUT2D eigenvalue weighted by Crippen LogP contribution is 2.17. The Kier molecular flexibility index (Phi) is 3.96. The van der Waals surface area contributed by atoms with Crippen molar-refractivity contribution in [1.82, 2.24) is 9.80 Å². The van der Waals surface area contributed by atoms with Gasteiger partial charge in [0.1, 0.15) is 5.78 Å². The van der Waals surface area contributed by atoms with Gasteiger partial charge < -0.3 is 10.6 Å². The van der Waals surface area contributed by atoms with Gasteiger partial charge in [0.25, 0.3) is 0 Å². The first kappa shape index (κ1) is 13.0. The summed E-state index contributed by atoms with van der Waals surface area (Å²) in [6.45, 7) is 1.99. The Bertz CT molecular complexity index is 360. The van der Waals surface area contributed by atoms with E-state index in [1.54, 1.807) is 4.90 Å². The van der Waals surface area contributed by atoms with Crippen molar-refractivity contribution in [3.63, 3.8) is 0 Å². The number of rotatable bonds is 3. The third kappa shape index (κ3) is 2.87. The van der Waals surface area contributed by atoms with Crippen LogP contribution in [0.3, 0.4) is 0 Å². The molecule has 0 radical (unpaired) electrons. The highest BCUT2D eigenvalue weighted by atomic mass is 16.2. The van der Waals surface area contributed by atoms with E-state index < -0.39 is 0 Å². The molecule has 1 atom stereocenters. The zero-order chi connectivity index (χ0) is 13.1. The van der Waals surface area contributed by atoms with Crippen LogP contribution in [0.1, 0.15) is 25.7 Å². The molecule has 0 spiro atoms. The number of Topliss-reactive ketones (excluding diaryl/α,β-unsaturated/α-hetero) is 1. The zero-order valence-electron chi connectivity index (χ0n) is 10.4. The summed E-state index contributed by atoms with van der Waals surface area (Å²) < 4.78 is 0. The molecule has 2 fully saturated rings. The van der Waals surface area contributed by atoms with Crippen LogP contribution in [-0.2, 0) is 14.4 Å². The second-order valence-corrected chi connectivity index (χ2v) is 4.95. The monoisotopic (exact) mass is 253 g/mol. The van der Waals surface area contributed by atoms with Crippen LogP contribution >= 0.6 is 0 Å². The SMILES string of the molecule is NC(=O)C1CCCN1CC(=O)N1CCC(=O)CC1. The number of nitrogens with two attached hydrogens (primary N) is 1. The molecule has 6 nitrogen and oxygen atoms in total. The van der Waals surface area contributed by atoms with Gasteiger partial charge in [-0.2, -0.15) is 0 Å². The van der Waals surface area contributed by atoms with E-state index in [4.69, 9.17) is 5.73 Å². The molecular weight excluding hydrogens is 234 g/mol. The first-order chi connectivity index (χ1) is 8.58. The maximum absolute atomic E-state index is 12.0. The molecule has 2 N–H and O–H groups in total. The number of amides is 2.